The van der Waals surface area contributed by atoms with Gasteiger partial charge >= 0.3 is 0 Å². The van der Waals surface area contributed by atoms with Crippen LogP contribution >= 0.6 is 0 Å². The summed E-state index contributed by atoms with van der Waals surface area (Å²) in [4.78, 5) is 0. The third kappa shape index (κ3) is 1.85. The van der Waals surface area contributed by atoms with Gasteiger partial charge in [-0.25, -0.2) is 4.39 Å². The molecule has 1 aliphatic rings. The molecule has 14 heavy (non-hydrogen) atoms. The quantitative estimate of drug-likeness (QED) is 0.725. The van der Waals surface area contributed by atoms with Crippen LogP contribution in [0.25, 0.3) is 6.08 Å². The van der Waals surface area contributed by atoms with E-state index in [1.54, 1.807) is 12.1 Å². The van der Waals surface area contributed by atoms with E-state index < -0.39 is 0 Å². The summed E-state index contributed by atoms with van der Waals surface area (Å²) < 4.78 is 12.9. The first kappa shape index (κ1) is 9.41. The van der Waals surface area contributed by atoms with Gasteiger partial charge in [-0.05, 0) is 43.0 Å². The highest BCUT2D eigenvalue weighted by atomic mass is 19.1. The molecule has 0 amide bonds. The number of benzene rings is 1. The number of nitrogens with two attached hydrogens (primary N) is 1. The van der Waals surface area contributed by atoms with E-state index in [1.807, 2.05) is 6.92 Å². The molecule has 2 heteroatoms. The minimum absolute atomic E-state index is 0.175. The highest BCUT2D eigenvalue weighted by Gasteiger charge is 2.18. The lowest BCUT2D eigenvalue weighted by Crippen LogP contribution is -2.29. The van der Waals surface area contributed by atoms with E-state index in [4.69, 9.17) is 5.73 Å². The molecule has 74 valence electrons. The van der Waals surface area contributed by atoms with Crippen molar-refractivity contribution in [3.05, 3.63) is 40.7 Å². The Morgan fingerprint density at radius 1 is 1.43 bits per heavy atom. The Balaban J connectivity index is 2.24. The molecule has 1 aromatic rings. The van der Waals surface area contributed by atoms with Crippen LogP contribution in [0.3, 0.4) is 0 Å². The molecule has 0 heterocycles. The Labute approximate surface area is 83.4 Å². The average Bonchev–Trinajstić information content (AvgIpc) is 2.09. The van der Waals surface area contributed by atoms with E-state index >= 15 is 0 Å². The maximum absolute atomic E-state index is 12.9. The minimum Gasteiger partial charge on any atom is -0.327 e. The van der Waals surface area contributed by atoms with E-state index in [1.165, 1.54) is 11.6 Å². The van der Waals surface area contributed by atoms with Crippen molar-refractivity contribution < 1.29 is 4.39 Å². The van der Waals surface area contributed by atoms with Crippen LogP contribution in [0.15, 0.2) is 23.8 Å². The molecule has 0 aliphatic heterocycles. The van der Waals surface area contributed by atoms with E-state index in [9.17, 15) is 4.39 Å². The summed E-state index contributed by atoms with van der Waals surface area (Å²) in [5, 5.41) is 0. The highest BCUT2D eigenvalue weighted by Crippen LogP contribution is 2.27. The lowest BCUT2D eigenvalue weighted by Gasteiger charge is -2.25. The Morgan fingerprint density at radius 3 is 2.79 bits per heavy atom. The first-order valence-electron chi connectivity index (χ1n) is 4.86. The second kappa shape index (κ2) is 3.54. The van der Waals surface area contributed by atoms with Crippen molar-refractivity contribution in [2.75, 3.05) is 0 Å². The monoisotopic (exact) mass is 191 g/mol. The van der Waals surface area contributed by atoms with Crippen LogP contribution in [0, 0.1) is 12.7 Å². The lowest BCUT2D eigenvalue weighted by molar-refractivity contribution is 0.547. The van der Waals surface area contributed by atoms with Crippen LogP contribution in [0.5, 0.6) is 0 Å². The molecule has 0 spiro atoms. The molecule has 0 aromatic heterocycles. The zero-order chi connectivity index (χ0) is 10.1. The van der Waals surface area contributed by atoms with Gasteiger partial charge in [0, 0.05) is 6.04 Å². The van der Waals surface area contributed by atoms with Crippen LogP contribution in [0.1, 0.15) is 24.0 Å². The van der Waals surface area contributed by atoms with Crippen LogP contribution in [-0.4, -0.2) is 6.04 Å². The van der Waals surface area contributed by atoms with Crippen LogP contribution < -0.4 is 5.73 Å². The van der Waals surface area contributed by atoms with Crippen molar-refractivity contribution in [1.82, 2.24) is 0 Å². The van der Waals surface area contributed by atoms with Gasteiger partial charge in [-0.3, -0.25) is 0 Å². The number of hydrogen-bond donors (Lipinski definition) is 1. The summed E-state index contributed by atoms with van der Waals surface area (Å²) in [5.74, 6) is -0.175. The minimum atomic E-state index is -0.175. The van der Waals surface area contributed by atoms with Crippen molar-refractivity contribution in [2.24, 2.45) is 5.73 Å². The second-order valence-corrected chi connectivity index (χ2v) is 3.97. The molecule has 1 nitrogen and oxygen atoms in total. The maximum Gasteiger partial charge on any atom is 0.123 e. The molecule has 1 aromatic carbocycles. The van der Waals surface area contributed by atoms with Crippen LogP contribution in [0.2, 0.25) is 0 Å². The van der Waals surface area contributed by atoms with Gasteiger partial charge in [-0.15, -0.1) is 0 Å². The third-order valence-electron chi connectivity index (χ3n) is 2.65. The van der Waals surface area contributed by atoms with E-state index in [-0.39, 0.29) is 5.82 Å². The molecule has 2 N–H and O–H groups in total. The third-order valence-corrected chi connectivity index (χ3v) is 2.65. The molecule has 0 atom stereocenters. The molecule has 1 aliphatic carbocycles. The molecule has 0 unspecified atom stereocenters. The zero-order valence-corrected chi connectivity index (χ0v) is 8.26. The van der Waals surface area contributed by atoms with Crippen molar-refractivity contribution in [2.45, 2.75) is 25.8 Å². The van der Waals surface area contributed by atoms with Crippen LogP contribution in [-0.2, 0) is 0 Å². The normalized spacial score (nSPS) is 20.5. The summed E-state index contributed by atoms with van der Waals surface area (Å²) in [5.41, 5.74) is 9.09. The predicted molar refractivity (Wildman–Crippen MR) is 56.3 cm³/mol. The van der Waals surface area contributed by atoms with Gasteiger partial charge in [-0.2, -0.15) is 0 Å². The summed E-state index contributed by atoms with van der Waals surface area (Å²) in [6.45, 7) is 1.99. The Hall–Kier alpha value is -1.15. The predicted octanol–water partition coefficient (Wildman–Crippen LogP) is 2.64. The number of rotatable bonds is 1. The number of hydrogen-bond acceptors (Lipinski definition) is 1. The Kier molecular flexibility index (Phi) is 2.38. The van der Waals surface area contributed by atoms with E-state index in [0.29, 0.717) is 6.04 Å². The molecule has 2 rings (SSSR count). The summed E-state index contributed by atoms with van der Waals surface area (Å²) in [6.07, 6.45) is 3.97. The molecular formula is C12H14FN. The summed E-state index contributed by atoms with van der Waals surface area (Å²) in [6, 6.07) is 5.19. The molecule has 0 radical (unpaired) electrons. The van der Waals surface area contributed by atoms with Gasteiger partial charge in [0.25, 0.3) is 0 Å². The summed E-state index contributed by atoms with van der Waals surface area (Å²) >= 11 is 0. The molecule has 0 bridgehead atoms. The smallest absolute Gasteiger partial charge is 0.123 e. The molecule has 1 fully saturated rings. The zero-order valence-electron chi connectivity index (χ0n) is 8.26. The topological polar surface area (TPSA) is 26.0 Å². The van der Waals surface area contributed by atoms with Gasteiger partial charge in [0.05, 0.1) is 0 Å². The van der Waals surface area contributed by atoms with Gasteiger partial charge in [0.1, 0.15) is 5.82 Å². The number of halogens is 1. The van der Waals surface area contributed by atoms with Gasteiger partial charge in [-0.1, -0.05) is 17.7 Å². The highest BCUT2D eigenvalue weighted by molar-refractivity contribution is 5.58. The fourth-order valence-electron chi connectivity index (χ4n) is 1.72. The first-order chi connectivity index (χ1) is 6.65. The van der Waals surface area contributed by atoms with Crippen molar-refractivity contribution in [3.63, 3.8) is 0 Å². The SMILES string of the molecule is Cc1ccc(F)cc1C=C1CC(N)C1. The maximum atomic E-state index is 12.9. The molecular weight excluding hydrogens is 177 g/mol. The Morgan fingerprint density at radius 2 is 2.14 bits per heavy atom. The largest absolute Gasteiger partial charge is 0.327 e. The van der Waals surface area contributed by atoms with E-state index in [0.717, 1.165) is 24.0 Å². The fraction of sp³-hybridized carbons (Fsp3) is 0.333. The average molecular weight is 191 g/mol. The van der Waals surface area contributed by atoms with Gasteiger partial charge < -0.3 is 5.73 Å². The fourth-order valence-corrected chi connectivity index (χ4v) is 1.72. The van der Waals surface area contributed by atoms with Gasteiger partial charge in [0.2, 0.25) is 0 Å². The first-order valence-corrected chi connectivity index (χ1v) is 4.86. The molecule has 0 saturated heterocycles. The van der Waals surface area contributed by atoms with E-state index in [2.05, 4.69) is 6.08 Å². The lowest BCUT2D eigenvalue weighted by atomic mass is 9.85. The molecule has 1 saturated carbocycles. The van der Waals surface area contributed by atoms with Crippen molar-refractivity contribution in [3.8, 4) is 0 Å². The second-order valence-electron chi connectivity index (χ2n) is 3.97. The Bertz CT molecular complexity index is 374. The standard InChI is InChI=1S/C12H14FN/c1-8-2-3-11(13)7-10(8)4-9-5-12(14)6-9/h2-4,7,12H,5-6,14H2,1H3. The summed E-state index contributed by atoms with van der Waals surface area (Å²) in [7, 11) is 0. The van der Waals surface area contributed by atoms with Crippen molar-refractivity contribution in [1.29, 1.82) is 0 Å². The van der Waals surface area contributed by atoms with Crippen LogP contribution in [0.4, 0.5) is 4.39 Å². The number of aryl methyl sites for hydroxylation is 1. The van der Waals surface area contributed by atoms with Gasteiger partial charge in [0.15, 0.2) is 0 Å². The van der Waals surface area contributed by atoms with Crippen molar-refractivity contribution >= 4 is 6.08 Å².